The maximum Gasteiger partial charge on any atom is 0.163 e. The van der Waals surface area contributed by atoms with E-state index in [1.54, 1.807) is 11.6 Å². The van der Waals surface area contributed by atoms with Crippen LogP contribution in [-0.2, 0) is 6.54 Å². The molecule has 0 radical (unpaired) electrons. The molecule has 1 aromatic heterocycles. The first-order valence-electron chi connectivity index (χ1n) is 8.97. The number of aliphatic hydroxyl groups is 1. The van der Waals surface area contributed by atoms with E-state index in [2.05, 4.69) is 17.2 Å². The molecule has 1 atom stereocenters. The molecule has 140 valence electrons. The zero-order valence-electron chi connectivity index (χ0n) is 15.8. The normalized spacial score (nSPS) is 12.0. The lowest BCUT2D eigenvalue weighted by Gasteiger charge is -2.14. The lowest BCUT2D eigenvalue weighted by Crippen LogP contribution is -2.25. The van der Waals surface area contributed by atoms with Crippen molar-refractivity contribution in [3.8, 4) is 16.9 Å². The molecule has 0 saturated carbocycles. The van der Waals surface area contributed by atoms with Gasteiger partial charge in [-0.15, -0.1) is 0 Å². The number of hydrogen-bond acceptors (Lipinski definition) is 4. The van der Waals surface area contributed by atoms with Gasteiger partial charge in [0.2, 0.25) is 0 Å². The van der Waals surface area contributed by atoms with E-state index in [1.165, 1.54) is 6.92 Å². The molecule has 0 spiro atoms. The maximum absolute atomic E-state index is 11.7. The van der Waals surface area contributed by atoms with E-state index in [4.69, 9.17) is 4.74 Å². The van der Waals surface area contributed by atoms with Crippen LogP contribution in [0.25, 0.3) is 11.1 Å². The Morgan fingerprint density at radius 1 is 1.07 bits per heavy atom. The van der Waals surface area contributed by atoms with Gasteiger partial charge in [0.25, 0.3) is 0 Å². The molecule has 1 N–H and O–H groups in total. The fourth-order valence-corrected chi connectivity index (χ4v) is 3.20. The molecule has 0 aliphatic rings. The fourth-order valence-electron chi connectivity index (χ4n) is 3.20. The first kappa shape index (κ1) is 18.9. The highest BCUT2D eigenvalue weighted by molar-refractivity contribution is 5.96. The number of hydrogen-bond donors (Lipinski definition) is 1. The van der Waals surface area contributed by atoms with Gasteiger partial charge < -0.3 is 9.84 Å². The number of ether oxygens (including phenoxy) is 1. The Morgan fingerprint density at radius 2 is 1.70 bits per heavy atom. The van der Waals surface area contributed by atoms with Crippen LogP contribution in [0.2, 0.25) is 0 Å². The largest absolute Gasteiger partial charge is 0.491 e. The molecule has 3 aromatic rings. The summed E-state index contributed by atoms with van der Waals surface area (Å²) in [5, 5.41) is 14.6. The summed E-state index contributed by atoms with van der Waals surface area (Å²) < 4.78 is 7.36. The number of nitrogens with zero attached hydrogens (tertiary/aromatic N) is 2. The van der Waals surface area contributed by atoms with E-state index < -0.39 is 6.10 Å². The summed E-state index contributed by atoms with van der Waals surface area (Å²) >= 11 is 0. The second kappa shape index (κ2) is 8.18. The van der Waals surface area contributed by atoms with Crippen molar-refractivity contribution in [2.24, 2.45) is 0 Å². The Hall–Kier alpha value is -2.92. The average molecular weight is 364 g/mol. The second-order valence-corrected chi connectivity index (χ2v) is 6.64. The van der Waals surface area contributed by atoms with Gasteiger partial charge in [-0.1, -0.05) is 42.5 Å². The van der Waals surface area contributed by atoms with Crippen LogP contribution in [-0.4, -0.2) is 33.4 Å². The molecule has 0 aliphatic heterocycles. The molecule has 0 bridgehead atoms. The first-order chi connectivity index (χ1) is 13.0. The second-order valence-electron chi connectivity index (χ2n) is 6.64. The van der Waals surface area contributed by atoms with E-state index >= 15 is 0 Å². The van der Waals surface area contributed by atoms with Crippen molar-refractivity contribution in [2.75, 3.05) is 6.61 Å². The summed E-state index contributed by atoms with van der Waals surface area (Å²) in [5.74, 6) is 0.687. The monoisotopic (exact) mass is 364 g/mol. The van der Waals surface area contributed by atoms with Crippen molar-refractivity contribution in [1.29, 1.82) is 0 Å². The molecule has 5 heteroatoms. The summed E-state index contributed by atoms with van der Waals surface area (Å²) in [6.45, 7) is 5.60. The van der Waals surface area contributed by atoms with Gasteiger partial charge in [-0.2, -0.15) is 5.10 Å². The van der Waals surface area contributed by atoms with Gasteiger partial charge in [-0.05, 0) is 44.0 Å². The summed E-state index contributed by atoms with van der Waals surface area (Å²) in [4.78, 5) is 11.7. The smallest absolute Gasteiger partial charge is 0.163 e. The van der Waals surface area contributed by atoms with Gasteiger partial charge in [-0.3, -0.25) is 9.48 Å². The van der Waals surface area contributed by atoms with Gasteiger partial charge in [0.05, 0.1) is 17.8 Å². The van der Waals surface area contributed by atoms with Crippen LogP contribution < -0.4 is 4.74 Å². The lowest BCUT2D eigenvalue weighted by atomic mass is 10.1. The highest BCUT2D eigenvalue weighted by Crippen LogP contribution is 2.22. The Balaban J connectivity index is 1.59. The maximum atomic E-state index is 11.7. The molecule has 3 rings (SSSR count). The summed E-state index contributed by atoms with van der Waals surface area (Å²) in [6.07, 6.45) is -0.725. The van der Waals surface area contributed by atoms with Crippen LogP contribution in [0.5, 0.6) is 5.75 Å². The Bertz CT molecular complexity index is 915. The summed E-state index contributed by atoms with van der Waals surface area (Å²) in [5.41, 5.74) is 4.34. The molecule has 5 nitrogen and oxygen atoms in total. The third kappa shape index (κ3) is 4.44. The standard InChI is InChI=1S/C22H24N2O3/c1-15-22(17(3)25)16(2)24(23-15)13-20(26)14-27-21-11-9-19(10-12-21)18-7-5-4-6-8-18/h4-12,20,26H,13-14H2,1-3H3/t20-/m0/s1. The number of carbonyl (C=O) groups excluding carboxylic acids is 1. The van der Waals surface area contributed by atoms with Crippen LogP contribution in [0.1, 0.15) is 28.7 Å². The Morgan fingerprint density at radius 3 is 2.30 bits per heavy atom. The predicted molar refractivity (Wildman–Crippen MR) is 105 cm³/mol. The van der Waals surface area contributed by atoms with Crippen molar-refractivity contribution in [3.05, 3.63) is 71.5 Å². The highest BCUT2D eigenvalue weighted by Gasteiger charge is 2.17. The number of aryl methyl sites for hydroxylation is 1. The van der Waals surface area contributed by atoms with Crippen LogP contribution in [0.4, 0.5) is 0 Å². The molecule has 0 amide bonds. The number of ketones is 1. The minimum atomic E-state index is -0.725. The van der Waals surface area contributed by atoms with Gasteiger partial charge in [0.15, 0.2) is 5.78 Å². The van der Waals surface area contributed by atoms with Crippen molar-refractivity contribution in [3.63, 3.8) is 0 Å². The van der Waals surface area contributed by atoms with E-state index in [-0.39, 0.29) is 18.9 Å². The van der Waals surface area contributed by atoms with Gasteiger partial charge in [-0.25, -0.2) is 0 Å². The molecule has 0 fully saturated rings. The minimum Gasteiger partial charge on any atom is -0.491 e. The molecule has 1 heterocycles. The third-order valence-corrected chi connectivity index (χ3v) is 4.52. The van der Waals surface area contributed by atoms with Crippen LogP contribution >= 0.6 is 0 Å². The lowest BCUT2D eigenvalue weighted by molar-refractivity contribution is 0.0885. The Labute approximate surface area is 159 Å². The van der Waals surface area contributed by atoms with E-state index in [9.17, 15) is 9.90 Å². The average Bonchev–Trinajstić information content (AvgIpc) is 2.94. The molecular formula is C22H24N2O3. The quantitative estimate of drug-likeness (QED) is 0.648. The zero-order chi connectivity index (χ0) is 19.4. The SMILES string of the molecule is CC(=O)c1c(C)nn(C[C@H](O)COc2ccc(-c3ccccc3)cc2)c1C. The van der Waals surface area contributed by atoms with E-state index in [1.807, 2.05) is 49.4 Å². The zero-order valence-corrected chi connectivity index (χ0v) is 15.8. The van der Waals surface area contributed by atoms with Crippen molar-refractivity contribution >= 4 is 5.78 Å². The van der Waals surface area contributed by atoms with Crippen molar-refractivity contribution < 1.29 is 14.6 Å². The molecule has 27 heavy (non-hydrogen) atoms. The number of aromatic nitrogens is 2. The van der Waals surface area contributed by atoms with Gasteiger partial charge in [0.1, 0.15) is 18.5 Å². The number of carbonyl (C=O) groups is 1. The number of rotatable bonds is 7. The van der Waals surface area contributed by atoms with Gasteiger partial charge >= 0.3 is 0 Å². The summed E-state index contributed by atoms with van der Waals surface area (Å²) in [7, 11) is 0. The van der Waals surface area contributed by atoms with Crippen molar-refractivity contribution in [1.82, 2.24) is 9.78 Å². The predicted octanol–water partition coefficient (Wildman–Crippen LogP) is 3.81. The number of aliphatic hydroxyl groups excluding tert-OH is 1. The molecule has 0 saturated heterocycles. The highest BCUT2D eigenvalue weighted by atomic mass is 16.5. The molecule has 0 aliphatic carbocycles. The summed E-state index contributed by atoms with van der Waals surface area (Å²) in [6, 6.07) is 17.9. The molecule has 2 aromatic carbocycles. The van der Waals surface area contributed by atoms with Gasteiger partial charge in [0, 0.05) is 5.69 Å². The number of benzene rings is 2. The van der Waals surface area contributed by atoms with E-state index in [0.717, 1.165) is 16.8 Å². The fraction of sp³-hybridized carbons (Fsp3) is 0.273. The third-order valence-electron chi connectivity index (χ3n) is 4.52. The molecule has 0 unspecified atom stereocenters. The van der Waals surface area contributed by atoms with Crippen LogP contribution in [0.3, 0.4) is 0 Å². The van der Waals surface area contributed by atoms with Crippen molar-refractivity contribution in [2.45, 2.75) is 33.4 Å². The van der Waals surface area contributed by atoms with Crippen LogP contribution in [0.15, 0.2) is 54.6 Å². The van der Waals surface area contributed by atoms with E-state index in [0.29, 0.717) is 17.0 Å². The Kier molecular flexibility index (Phi) is 5.72. The first-order valence-corrected chi connectivity index (χ1v) is 8.97. The molecular weight excluding hydrogens is 340 g/mol. The minimum absolute atomic E-state index is 0.0134. The van der Waals surface area contributed by atoms with Crippen LogP contribution in [0, 0.1) is 13.8 Å². The topological polar surface area (TPSA) is 64.4 Å². The number of Topliss-reactive ketones (excluding diaryl/α,β-unsaturated/α-hetero) is 1.